The molecule has 4 nitrogen and oxygen atoms in total. The summed E-state index contributed by atoms with van der Waals surface area (Å²) in [4.78, 5) is 28.3. The van der Waals surface area contributed by atoms with E-state index in [4.69, 9.17) is 0 Å². The molecule has 1 aliphatic heterocycles. The first-order valence-corrected chi connectivity index (χ1v) is 10.5. The Balaban J connectivity index is 1.81. The third kappa shape index (κ3) is 3.89. The van der Waals surface area contributed by atoms with Crippen LogP contribution >= 0.6 is 0 Å². The van der Waals surface area contributed by atoms with Gasteiger partial charge in [-0.15, -0.1) is 0 Å². The van der Waals surface area contributed by atoms with Gasteiger partial charge in [-0.25, -0.2) is 4.90 Å². The molecule has 0 spiro atoms. The summed E-state index contributed by atoms with van der Waals surface area (Å²) in [5.41, 5.74) is 6.04. The van der Waals surface area contributed by atoms with Crippen LogP contribution in [0.15, 0.2) is 78.5 Å². The molecule has 2 amide bonds. The number of imide groups is 1. The van der Waals surface area contributed by atoms with E-state index in [1.165, 1.54) is 4.90 Å². The molecular weight excluding hydrogens is 384 g/mol. The van der Waals surface area contributed by atoms with Gasteiger partial charge in [0.25, 0.3) is 11.8 Å². The second-order valence-corrected chi connectivity index (χ2v) is 8.25. The minimum atomic E-state index is -0.346. The Morgan fingerprint density at radius 3 is 2.10 bits per heavy atom. The fraction of sp³-hybridized carbons (Fsp3) is 0.185. The van der Waals surface area contributed by atoms with Gasteiger partial charge in [0.2, 0.25) is 0 Å². The molecule has 4 heteroatoms. The SMILES string of the molecule is Cc1ccc(C2=C(Nc3ccccc3)C(=O)N(c3ccc(C(C)C)cc3)C2=O)c(C)c1. The van der Waals surface area contributed by atoms with Gasteiger partial charge in [-0.3, -0.25) is 9.59 Å². The van der Waals surface area contributed by atoms with Crippen LogP contribution in [0.4, 0.5) is 11.4 Å². The molecule has 0 unspecified atom stereocenters. The lowest BCUT2D eigenvalue weighted by molar-refractivity contribution is -0.120. The largest absolute Gasteiger partial charge is 0.350 e. The summed E-state index contributed by atoms with van der Waals surface area (Å²) in [7, 11) is 0. The number of para-hydroxylation sites is 1. The number of hydrogen-bond donors (Lipinski definition) is 1. The molecule has 0 atom stereocenters. The van der Waals surface area contributed by atoms with Gasteiger partial charge in [-0.1, -0.05) is 67.9 Å². The van der Waals surface area contributed by atoms with E-state index in [0.29, 0.717) is 22.9 Å². The topological polar surface area (TPSA) is 49.4 Å². The number of amides is 2. The quantitative estimate of drug-likeness (QED) is 0.539. The zero-order valence-corrected chi connectivity index (χ0v) is 18.3. The van der Waals surface area contributed by atoms with Crippen molar-refractivity contribution in [3.63, 3.8) is 0 Å². The summed E-state index contributed by atoms with van der Waals surface area (Å²) >= 11 is 0. The molecule has 1 aliphatic rings. The number of carbonyl (C=O) groups excluding carboxylic acids is 2. The Labute approximate surface area is 183 Å². The van der Waals surface area contributed by atoms with Crippen LogP contribution in [0.5, 0.6) is 0 Å². The van der Waals surface area contributed by atoms with E-state index in [2.05, 4.69) is 19.2 Å². The summed E-state index contributed by atoms with van der Waals surface area (Å²) in [6.07, 6.45) is 0. The van der Waals surface area contributed by atoms with E-state index >= 15 is 0 Å². The van der Waals surface area contributed by atoms with E-state index < -0.39 is 0 Å². The van der Waals surface area contributed by atoms with Gasteiger partial charge in [0.1, 0.15) is 5.70 Å². The predicted octanol–water partition coefficient (Wildman–Crippen LogP) is 5.82. The lowest BCUT2D eigenvalue weighted by Crippen LogP contribution is -2.32. The van der Waals surface area contributed by atoms with Crippen molar-refractivity contribution in [1.29, 1.82) is 0 Å². The van der Waals surface area contributed by atoms with Crippen molar-refractivity contribution in [2.45, 2.75) is 33.6 Å². The number of nitrogens with zero attached hydrogens (tertiary/aromatic N) is 1. The highest BCUT2D eigenvalue weighted by Gasteiger charge is 2.40. The van der Waals surface area contributed by atoms with E-state index in [9.17, 15) is 9.59 Å². The maximum atomic E-state index is 13.6. The van der Waals surface area contributed by atoms with Gasteiger partial charge in [0, 0.05) is 5.69 Å². The van der Waals surface area contributed by atoms with Crippen molar-refractivity contribution in [3.8, 4) is 0 Å². The molecule has 0 aliphatic carbocycles. The third-order valence-electron chi connectivity index (χ3n) is 5.60. The maximum absolute atomic E-state index is 13.6. The highest BCUT2D eigenvalue weighted by atomic mass is 16.2. The summed E-state index contributed by atoms with van der Waals surface area (Å²) in [6, 6.07) is 23.0. The Morgan fingerprint density at radius 1 is 0.806 bits per heavy atom. The molecule has 0 saturated carbocycles. The van der Waals surface area contributed by atoms with Crippen molar-refractivity contribution < 1.29 is 9.59 Å². The summed E-state index contributed by atoms with van der Waals surface area (Å²) in [5, 5.41) is 3.21. The molecular formula is C27H26N2O2. The van der Waals surface area contributed by atoms with Crippen molar-refractivity contribution in [2.75, 3.05) is 10.2 Å². The maximum Gasteiger partial charge on any atom is 0.282 e. The van der Waals surface area contributed by atoms with E-state index in [-0.39, 0.29) is 11.8 Å². The van der Waals surface area contributed by atoms with Crippen molar-refractivity contribution in [3.05, 3.63) is 101 Å². The number of nitrogens with one attached hydrogen (secondary N) is 1. The molecule has 0 bridgehead atoms. The molecule has 1 heterocycles. The molecule has 156 valence electrons. The van der Waals surface area contributed by atoms with Crippen LogP contribution in [-0.4, -0.2) is 11.8 Å². The number of anilines is 2. The minimum absolute atomic E-state index is 0.302. The normalized spacial score (nSPS) is 14.0. The van der Waals surface area contributed by atoms with Gasteiger partial charge < -0.3 is 5.32 Å². The molecule has 3 aromatic carbocycles. The Morgan fingerprint density at radius 2 is 1.48 bits per heavy atom. The van der Waals surface area contributed by atoms with Crippen LogP contribution in [0.2, 0.25) is 0 Å². The molecule has 4 rings (SSSR count). The monoisotopic (exact) mass is 410 g/mol. The predicted molar refractivity (Wildman–Crippen MR) is 126 cm³/mol. The van der Waals surface area contributed by atoms with Crippen LogP contribution < -0.4 is 10.2 Å². The summed E-state index contributed by atoms with van der Waals surface area (Å²) in [5.74, 6) is -0.285. The molecule has 0 saturated heterocycles. The fourth-order valence-corrected chi connectivity index (χ4v) is 3.90. The Hall–Kier alpha value is -3.66. The number of aryl methyl sites for hydroxylation is 2. The Kier molecular flexibility index (Phi) is 5.47. The Bertz CT molecular complexity index is 1180. The first-order valence-electron chi connectivity index (χ1n) is 10.5. The zero-order valence-electron chi connectivity index (χ0n) is 18.3. The summed E-state index contributed by atoms with van der Waals surface area (Å²) in [6.45, 7) is 8.21. The molecule has 0 fully saturated rings. The van der Waals surface area contributed by atoms with Crippen LogP contribution in [0.1, 0.15) is 42.0 Å². The lowest BCUT2D eigenvalue weighted by atomic mass is 9.97. The van der Waals surface area contributed by atoms with Crippen LogP contribution in [0, 0.1) is 13.8 Å². The van der Waals surface area contributed by atoms with Crippen LogP contribution in [-0.2, 0) is 9.59 Å². The van der Waals surface area contributed by atoms with Gasteiger partial charge >= 0.3 is 0 Å². The van der Waals surface area contributed by atoms with Crippen LogP contribution in [0.3, 0.4) is 0 Å². The number of hydrogen-bond acceptors (Lipinski definition) is 3. The third-order valence-corrected chi connectivity index (χ3v) is 5.60. The number of carbonyl (C=O) groups is 2. The highest BCUT2D eigenvalue weighted by molar-refractivity contribution is 6.46. The second-order valence-electron chi connectivity index (χ2n) is 8.25. The van der Waals surface area contributed by atoms with Gasteiger partial charge in [-0.05, 0) is 60.7 Å². The van der Waals surface area contributed by atoms with Crippen molar-refractivity contribution in [2.24, 2.45) is 0 Å². The molecule has 0 aromatic heterocycles. The second kappa shape index (κ2) is 8.23. The van der Waals surface area contributed by atoms with E-state index in [1.807, 2.05) is 86.6 Å². The van der Waals surface area contributed by atoms with Crippen LogP contribution in [0.25, 0.3) is 5.57 Å². The average Bonchev–Trinajstić information content (AvgIpc) is 2.99. The molecule has 1 N–H and O–H groups in total. The molecule has 3 aromatic rings. The lowest BCUT2D eigenvalue weighted by Gasteiger charge is -2.17. The smallest absolute Gasteiger partial charge is 0.282 e. The molecule has 31 heavy (non-hydrogen) atoms. The first-order chi connectivity index (χ1) is 14.9. The van der Waals surface area contributed by atoms with Gasteiger partial charge in [0.05, 0.1) is 11.3 Å². The van der Waals surface area contributed by atoms with Gasteiger partial charge in [0.15, 0.2) is 0 Å². The average molecular weight is 411 g/mol. The first kappa shape index (κ1) is 20.6. The zero-order chi connectivity index (χ0) is 22.1. The van der Waals surface area contributed by atoms with Crippen molar-refractivity contribution >= 4 is 28.8 Å². The molecule has 0 radical (unpaired) electrons. The van der Waals surface area contributed by atoms with E-state index in [1.54, 1.807) is 0 Å². The van der Waals surface area contributed by atoms with Gasteiger partial charge in [-0.2, -0.15) is 0 Å². The number of rotatable bonds is 5. The minimum Gasteiger partial charge on any atom is -0.350 e. The standard InChI is InChI=1S/C27H26N2O2/c1-17(2)20-11-13-22(14-12-20)29-26(30)24(23-15-10-18(3)16-19(23)4)25(27(29)31)28-21-8-6-5-7-9-21/h5-17,28H,1-4H3. The highest BCUT2D eigenvalue weighted by Crippen LogP contribution is 2.35. The van der Waals surface area contributed by atoms with E-state index in [0.717, 1.165) is 27.9 Å². The van der Waals surface area contributed by atoms with Crippen molar-refractivity contribution in [1.82, 2.24) is 0 Å². The number of benzene rings is 3. The summed E-state index contributed by atoms with van der Waals surface area (Å²) < 4.78 is 0. The fourth-order valence-electron chi connectivity index (χ4n) is 3.90.